The SMILES string of the molecule is CCN(c1cccc(F)c1)S(=O)(=O)c1ccc(C)c(OCC(=O)O)c1C. The lowest BCUT2D eigenvalue weighted by molar-refractivity contribution is -0.139. The van der Waals surface area contributed by atoms with Crippen LogP contribution in [-0.4, -0.2) is 32.6 Å². The first-order valence-electron chi connectivity index (χ1n) is 7.91. The van der Waals surface area contributed by atoms with Gasteiger partial charge in [0.15, 0.2) is 6.61 Å². The molecule has 0 fully saturated rings. The molecule has 8 heteroatoms. The van der Waals surface area contributed by atoms with Gasteiger partial charge in [0.05, 0.1) is 10.6 Å². The predicted octanol–water partition coefficient (Wildman–Crippen LogP) is 3.12. The van der Waals surface area contributed by atoms with Gasteiger partial charge in [0.1, 0.15) is 11.6 Å². The molecule has 0 aliphatic rings. The van der Waals surface area contributed by atoms with Gasteiger partial charge < -0.3 is 9.84 Å². The van der Waals surface area contributed by atoms with Crippen LogP contribution in [0.4, 0.5) is 10.1 Å². The number of halogens is 1. The summed E-state index contributed by atoms with van der Waals surface area (Å²) >= 11 is 0. The van der Waals surface area contributed by atoms with E-state index >= 15 is 0 Å². The highest BCUT2D eigenvalue weighted by Gasteiger charge is 2.27. The van der Waals surface area contributed by atoms with Crippen LogP contribution in [0.1, 0.15) is 18.1 Å². The number of sulfonamides is 1. The summed E-state index contributed by atoms with van der Waals surface area (Å²) in [4.78, 5) is 10.7. The number of hydrogen-bond acceptors (Lipinski definition) is 4. The number of anilines is 1. The number of nitrogens with zero attached hydrogens (tertiary/aromatic N) is 1. The van der Waals surface area contributed by atoms with Crippen molar-refractivity contribution in [2.24, 2.45) is 0 Å². The molecule has 2 aromatic carbocycles. The largest absolute Gasteiger partial charge is 0.481 e. The third-order valence-corrected chi connectivity index (χ3v) is 5.89. The van der Waals surface area contributed by atoms with Crippen LogP contribution in [0.15, 0.2) is 41.3 Å². The molecule has 2 aromatic rings. The summed E-state index contributed by atoms with van der Waals surface area (Å²) in [6.07, 6.45) is 0. The second-order valence-corrected chi connectivity index (χ2v) is 7.50. The Morgan fingerprint density at radius 2 is 1.92 bits per heavy atom. The number of carbonyl (C=O) groups is 1. The maximum absolute atomic E-state index is 13.5. The average Bonchev–Trinajstić information content (AvgIpc) is 2.54. The topological polar surface area (TPSA) is 83.9 Å². The third-order valence-electron chi connectivity index (χ3n) is 3.84. The molecule has 0 aliphatic carbocycles. The maximum Gasteiger partial charge on any atom is 0.341 e. The van der Waals surface area contributed by atoms with E-state index in [1.54, 1.807) is 26.8 Å². The molecule has 0 unspecified atom stereocenters. The first kappa shape index (κ1) is 19.7. The van der Waals surface area contributed by atoms with E-state index in [0.717, 1.165) is 10.4 Å². The second kappa shape index (κ2) is 7.74. The van der Waals surface area contributed by atoms with Gasteiger partial charge in [-0.05, 0) is 50.6 Å². The summed E-state index contributed by atoms with van der Waals surface area (Å²) in [5.74, 6) is -1.49. The van der Waals surface area contributed by atoms with Crippen LogP contribution in [0.3, 0.4) is 0 Å². The normalized spacial score (nSPS) is 11.2. The molecule has 2 rings (SSSR count). The zero-order valence-electron chi connectivity index (χ0n) is 14.7. The van der Waals surface area contributed by atoms with E-state index in [1.165, 1.54) is 24.3 Å². The molecule has 26 heavy (non-hydrogen) atoms. The summed E-state index contributed by atoms with van der Waals surface area (Å²) in [7, 11) is -3.99. The Labute approximate surface area is 151 Å². The number of aryl methyl sites for hydroxylation is 1. The fraction of sp³-hybridized carbons (Fsp3) is 0.278. The number of aliphatic carboxylic acids is 1. The minimum absolute atomic E-state index is 0.0189. The summed E-state index contributed by atoms with van der Waals surface area (Å²) in [6.45, 7) is 4.42. The van der Waals surface area contributed by atoms with Crippen LogP contribution in [-0.2, 0) is 14.8 Å². The van der Waals surface area contributed by atoms with Crippen molar-refractivity contribution in [1.29, 1.82) is 0 Å². The highest BCUT2D eigenvalue weighted by molar-refractivity contribution is 7.92. The number of ether oxygens (including phenoxy) is 1. The molecule has 0 spiro atoms. The van der Waals surface area contributed by atoms with Crippen LogP contribution < -0.4 is 9.04 Å². The van der Waals surface area contributed by atoms with Crippen molar-refractivity contribution in [3.05, 3.63) is 53.3 Å². The Bertz CT molecular complexity index is 927. The monoisotopic (exact) mass is 381 g/mol. The van der Waals surface area contributed by atoms with E-state index < -0.39 is 28.4 Å². The number of carboxylic acid groups (broad SMARTS) is 1. The number of benzene rings is 2. The predicted molar refractivity (Wildman–Crippen MR) is 95.7 cm³/mol. The van der Waals surface area contributed by atoms with Crippen LogP contribution in [0.25, 0.3) is 0 Å². The fourth-order valence-corrected chi connectivity index (χ4v) is 4.37. The smallest absolute Gasteiger partial charge is 0.341 e. The minimum Gasteiger partial charge on any atom is -0.481 e. The molecular weight excluding hydrogens is 361 g/mol. The van der Waals surface area contributed by atoms with Gasteiger partial charge in [-0.3, -0.25) is 4.31 Å². The standard InChI is InChI=1S/C18H20FNO5S/c1-4-20(15-7-5-6-14(19)10-15)26(23,24)16-9-8-12(2)18(13(16)3)25-11-17(21)22/h5-10H,4,11H2,1-3H3,(H,21,22). The van der Waals surface area contributed by atoms with Gasteiger partial charge >= 0.3 is 5.97 Å². The van der Waals surface area contributed by atoms with E-state index in [4.69, 9.17) is 9.84 Å². The molecule has 0 atom stereocenters. The first-order valence-corrected chi connectivity index (χ1v) is 9.35. The molecule has 6 nitrogen and oxygen atoms in total. The molecule has 0 saturated heterocycles. The Morgan fingerprint density at radius 1 is 1.23 bits per heavy atom. The van der Waals surface area contributed by atoms with Crippen molar-refractivity contribution in [3.8, 4) is 5.75 Å². The molecule has 0 amide bonds. The Morgan fingerprint density at radius 3 is 2.50 bits per heavy atom. The quantitative estimate of drug-likeness (QED) is 0.797. The molecule has 0 saturated carbocycles. The van der Waals surface area contributed by atoms with Gasteiger partial charge in [-0.25, -0.2) is 17.6 Å². The summed E-state index contributed by atoms with van der Waals surface area (Å²) in [6, 6.07) is 8.32. The van der Waals surface area contributed by atoms with Crippen molar-refractivity contribution >= 4 is 21.7 Å². The van der Waals surface area contributed by atoms with E-state index in [2.05, 4.69) is 0 Å². The van der Waals surface area contributed by atoms with E-state index in [1.807, 2.05) is 0 Å². The number of hydrogen-bond donors (Lipinski definition) is 1. The van der Waals surface area contributed by atoms with Crippen molar-refractivity contribution in [1.82, 2.24) is 0 Å². The lowest BCUT2D eigenvalue weighted by atomic mass is 10.1. The first-order chi connectivity index (χ1) is 12.2. The molecule has 140 valence electrons. The Hall–Kier alpha value is -2.61. The van der Waals surface area contributed by atoms with Crippen molar-refractivity contribution in [2.75, 3.05) is 17.5 Å². The van der Waals surface area contributed by atoms with Crippen LogP contribution >= 0.6 is 0 Å². The van der Waals surface area contributed by atoms with Crippen molar-refractivity contribution in [2.45, 2.75) is 25.7 Å². The van der Waals surface area contributed by atoms with Gasteiger partial charge in [0.25, 0.3) is 10.0 Å². The lowest BCUT2D eigenvalue weighted by Crippen LogP contribution is -2.31. The molecular formula is C18H20FNO5S. The summed E-state index contributed by atoms with van der Waals surface area (Å²) in [5, 5.41) is 8.80. The van der Waals surface area contributed by atoms with Gasteiger partial charge in [-0.15, -0.1) is 0 Å². The van der Waals surface area contributed by atoms with Crippen molar-refractivity contribution < 1.29 is 27.4 Å². The molecule has 0 radical (unpaired) electrons. The van der Waals surface area contributed by atoms with Gasteiger partial charge in [0.2, 0.25) is 0 Å². The molecule has 0 aliphatic heterocycles. The maximum atomic E-state index is 13.5. The summed E-state index contributed by atoms with van der Waals surface area (Å²) in [5.41, 5.74) is 1.14. The molecule has 1 N–H and O–H groups in total. The highest BCUT2D eigenvalue weighted by atomic mass is 32.2. The van der Waals surface area contributed by atoms with E-state index in [0.29, 0.717) is 11.1 Å². The van der Waals surface area contributed by atoms with Crippen molar-refractivity contribution in [3.63, 3.8) is 0 Å². The van der Waals surface area contributed by atoms with Gasteiger partial charge in [0, 0.05) is 12.1 Å². The Balaban J connectivity index is 2.54. The number of rotatable bonds is 7. The zero-order valence-corrected chi connectivity index (χ0v) is 15.5. The van der Waals surface area contributed by atoms with Gasteiger partial charge in [-0.2, -0.15) is 0 Å². The van der Waals surface area contributed by atoms with Crippen LogP contribution in [0.5, 0.6) is 5.75 Å². The fourth-order valence-electron chi connectivity index (χ4n) is 2.69. The van der Waals surface area contributed by atoms with Gasteiger partial charge in [-0.1, -0.05) is 12.1 Å². The van der Waals surface area contributed by atoms with Crippen LogP contribution in [0, 0.1) is 19.7 Å². The minimum atomic E-state index is -3.99. The molecule has 0 bridgehead atoms. The molecule has 0 aromatic heterocycles. The summed E-state index contributed by atoms with van der Waals surface area (Å²) < 4.78 is 46.1. The average molecular weight is 381 g/mol. The van der Waals surface area contributed by atoms with E-state index in [-0.39, 0.29) is 22.9 Å². The highest BCUT2D eigenvalue weighted by Crippen LogP contribution is 2.32. The zero-order chi connectivity index (χ0) is 19.5. The Kier molecular flexibility index (Phi) is 5.86. The van der Waals surface area contributed by atoms with Crippen LogP contribution in [0.2, 0.25) is 0 Å². The molecule has 0 heterocycles. The lowest BCUT2D eigenvalue weighted by Gasteiger charge is -2.25. The second-order valence-electron chi connectivity index (χ2n) is 5.67. The number of carboxylic acids is 1. The van der Waals surface area contributed by atoms with E-state index in [9.17, 15) is 17.6 Å². The third kappa shape index (κ3) is 3.96.